The number of hydrogen-bond acceptors (Lipinski definition) is 4. The van der Waals surface area contributed by atoms with Crippen molar-refractivity contribution < 1.29 is 5.11 Å². The maximum atomic E-state index is 12.0. The van der Waals surface area contributed by atoms with Crippen LogP contribution >= 0.6 is 12.2 Å². The number of nitrogens with one attached hydrogen (secondary N) is 2. The number of aryl methyl sites for hydroxylation is 2. The molecule has 2 heterocycles. The lowest BCUT2D eigenvalue weighted by Gasteiger charge is -2.28. The quantitative estimate of drug-likeness (QED) is 0.743. The lowest BCUT2D eigenvalue weighted by Crippen LogP contribution is -2.35. The van der Waals surface area contributed by atoms with Gasteiger partial charge in [-0.25, -0.2) is 0 Å². The van der Waals surface area contributed by atoms with E-state index in [1.165, 1.54) is 0 Å². The van der Waals surface area contributed by atoms with Crippen LogP contribution < -0.4 is 5.56 Å². The summed E-state index contributed by atoms with van der Waals surface area (Å²) in [6, 6.07) is 4.00. The van der Waals surface area contributed by atoms with Gasteiger partial charge in [0.05, 0.1) is 5.56 Å². The molecule has 0 bridgehead atoms. The van der Waals surface area contributed by atoms with Gasteiger partial charge in [0.1, 0.15) is 5.75 Å². The van der Waals surface area contributed by atoms with Gasteiger partial charge in [0, 0.05) is 31.7 Å². The van der Waals surface area contributed by atoms with Crippen molar-refractivity contribution >= 4 is 12.2 Å². The Morgan fingerprint density at radius 3 is 2.64 bits per heavy atom. The molecular weight excluding hydrogens is 298 g/mol. The van der Waals surface area contributed by atoms with Gasteiger partial charge in [-0.05, 0) is 42.8 Å². The zero-order valence-electron chi connectivity index (χ0n) is 12.7. The molecule has 3 N–H and O–H groups in total. The molecule has 0 unspecified atom stereocenters. The van der Waals surface area contributed by atoms with E-state index >= 15 is 0 Å². The molecule has 5 nitrogen and oxygen atoms in total. The molecule has 22 heavy (non-hydrogen) atoms. The summed E-state index contributed by atoms with van der Waals surface area (Å²) in [6.07, 6.45) is 0.791. The Hall–Kier alpha value is -1.92. The van der Waals surface area contributed by atoms with Crippen LogP contribution in [-0.4, -0.2) is 26.5 Å². The number of benzene rings is 1. The summed E-state index contributed by atoms with van der Waals surface area (Å²) in [4.78, 5) is 20.0. The molecule has 0 atom stereocenters. The number of H-pyrrole nitrogens is 2. The van der Waals surface area contributed by atoms with Gasteiger partial charge in [-0.1, -0.05) is 12.1 Å². The molecule has 1 aliphatic heterocycles. The van der Waals surface area contributed by atoms with E-state index in [1.54, 1.807) is 0 Å². The number of aromatic nitrogens is 2. The molecule has 6 heteroatoms. The topological polar surface area (TPSA) is 72.1 Å². The average molecular weight is 317 g/mol. The Kier molecular flexibility index (Phi) is 3.88. The summed E-state index contributed by atoms with van der Waals surface area (Å²) in [5.41, 5.74) is 4.54. The number of aromatic amines is 2. The number of phenolic OH excluding ortho intramolecular Hbond substituents is 1. The fourth-order valence-corrected chi connectivity index (χ4v) is 3.26. The van der Waals surface area contributed by atoms with Crippen LogP contribution in [0.3, 0.4) is 0 Å². The summed E-state index contributed by atoms with van der Waals surface area (Å²) in [5.74, 6) is 0.358. The Morgan fingerprint density at radius 2 is 1.95 bits per heavy atom. The molecule has 0 spiro atoms. The summed E-state index contributed by atoms with van der Waals surface area (Å²) in [7, 11) is 0. The molecule has 1 aliphatic rings. The zero-order valence-corrected chi connectivity index (χ0v) is 13.5. The minimum Gasteiger partial charge on any atom is -0.507 e. The van der Waals surface area contributed by atoms with E-state index in [-0.39, 0.29) is 5.56 Å². The van der Waals surface area contributed by atoms with E-state index < -0.39 is 0 Å². The maximum Gasteiger partial charge on any atom is 0.256 e. The fourth-order valence-electron chi connectivity index (χ4n) is 3.04. The number of fused-ring (bicyclic) bond motifs is 1. The number of hydrogen-bond donors (Lipinski definition) is 3. The highest BCUT2D eigenvalue weighted by Gasteiger charge is 2.20. The molecule has 0 radical (unpaired) electrons. The van der Waals surface area contributed by atoms with Crippen LogP contribution in [0.4, 0.5) is 0 Å². The largest absolute Gasteiger partial charge is 0.507 e. The Morgan fingerprint density at radius 1 is 1.27 bits per heavy atom. The van der Waals surface area contributed by atoms with Gasteiger partial charge in [0.25, 0.3) is 5.56 Å². The van der Waals surface area contributed by atoms with Crippen molar-refractivity contribution in [2.75, 3.05) is 6.54 Å². The Labute approximate surface area is 133 Å². The van der Waals surface area contributed by atoms with Crippen molar-refractivity contribution in [1.29, 1.82) is 0 Å². The number of phenols is 1. The first-order valence-electron chi connectivity index (χ1n) is 7.30. The van der Waals surface area contributed by atoms with Gasteiger partial charge in [0.2, 0.25) is 0 Å². The van der Waals surface area contributed by atoms with Gasteiger partial charge in [-0.2, -0.15) is 0 Å². The normalized spacial score (nSPS) is 14.8. The van der Waals surface area contributed by atoms with Crippen molar-refractivity contribution in [2.45, 2.75) is 33.4 Å². The van der Waals surface area contributed by atoms with Gasteiger partial charge in [-0.15, -0.1) is 0 Å². The number of aromatic hydroxyl groups is 1. The van der Waals surface area contributed by atoms with E-state index in [0.717, 1.165) is 47.5 Å². The second-order valence-electron chi connectivity index (χ2n) is 5.90. The van der Waals surface area contributed by atoms with E-state index in [9.17, 15) is 9.90 Å². The Bertz CT molecular complexity index is 815. The van der Waals surface area contributed by atoms with Crippen molar-refractivity contribution in [3.8, 4) is 5.75 Å². The lowest BCUT2D eigenvalue weighted by molar-refractivity contribution is 0.241. The van der Waals surface area contributed by atoms with Crippen LogP contribution in [-0.2, 0) is 19.5 Å². The van der Waals surface area contributed by atoms with Crippen LogP contribution in [0.25, 0.3) is 0 Å². The summed E-state index contributed by atoms with van der Waals surface area (Å²) < 4.78 is 0.391. The first-order chi connectivity index (χ1) is 10.4. The lowest BCUT2D eigenvalue weighted by atomic mass is 10.0. The highest BCUT2D eigenvalue weighted by Crippen LogP contribution is 2.24. The maximum absolute atomic E-state index is 12.0. The molecule has 1 aromatic carbocycles. The summed E-state index contributed by atoms with van der Waals surface area (Å²) >= 11 is 5.01. The highest BCUT2D eigenvalue weighted by atomic mass is 32.1. The highest BCUT2D eigenvalue weighted by molar-refractivity contribution is 7.71. The SMILES string of the molecule is Cc1cc(CN2CCc3[nH]c(=S)[nH]c(=O)c3C2)cc(C)c1O. The molecule has 116 valence electrons. The third-order valence-electron chi connectivity index (χ3n) is 4.15. The standard InChI is InChI=1S/C16H19N3O2S/c1-9-5-11(6-10(2)14(9)20)7-19-4-3-13-12(8-19)15(21)18-16(22)17-13/h5-6,20H,3-4,7-8H2,1-2H3,(H2,17,18,21,22). The predicted octanol–water partition coefficient (Wildman–Crippen LogP) is 2.31. The second kappa shape index (κ2) is 5.70. The van der Waals surface area contributed by atoms with Crippen molar-refractivity contribution in [1.82, 2.24) is 14.9 Å². The third-order valence-corrected chi connectivity index (χ3v) is 4.35. The van der Waals surface area contributed by atoms with Crippen molar-refractivity contribution in [2.24, 2.45) is 0 Å². The molecule has 2 aromatic rings. The first-order valence-corrected chi connectivity index (χ1v) is 7.70. The van der Waals surface area contributed by atoms with Gasteiger partial charge < -0.3 is 10.1 Å². The minimum absolute atomic E-state index is 0.0958. The zero-order chi connectivity index (χ0) is 15.9. The molecule has 0 saturated heterocycles. The summed E-state index contributed by atoms with van der Waals surface area (Å²) in [5, 5.41) is 9.86. The van der Waals surface area contributed by atoms with E-state index in [0.29, 0.717) is 17.1 Å². The van der Waals surface area contributed by atoms with E-state index in [1.807, 2.05) is 26.0 Å². The molecule has 1 aromatic heterocycles. The first kappa shape index (κ1) is 15.0. The van der Waals surface area contributed by atoms with Gasteiger partial charge >= 0.3 is 0 Å². The van der Waals surface area contributed by atoms with Crippen molar-refractivity contribution in [3.63, 3.8) is 0 Å². The molecular formula is C16H19N3O2S. The van der Waals surface area contributed by atoms with Crippen LogP contribution in [0.15, 0.2) is 16.9 Å². The van der Waals surface area contributed by atoms with Gasteiger partial charge in [-0.3, -0.25) is 14.7 Å². The predicted molar refractivity (Wildman–Crippen MR) is 87.6 cm³/mol. The van der Waals surface area contributed by atoms with Crippen LogP contribution in [0.1, 0.15) is 27.9 Å². The van der Waals surface area contributed by atoms with Gasteiger partial charge in [0.15, 0.2) is 4.77 Å². The van der Waals surface area contributed by atoms with E-state index in [4.69, 9.17) is 12.2 Å². The average Bonchev–Trinajstić information content (AvgIpc) is 2.45. The summed E-state index contributed by atoms with van der Waals surface area (Å²) in [6.45, 7) is 6.05. The monoisotopic (exact) mass is 317 g/mol. The van der Waals surface area contributed by atoms with Crippen molar-refractivity contribution in [3.05, 3.63) is 55.2 Å². The molecule has 0 aliphatic carbocycles. The molecule has 3 rings (SSSR count). The molecule has 0 saturated carbocycles. The number of nitrogens with zero attached hydrogens (tertiary/aromatic N) is 1. The number of rotatable bonds is 2. The van der Waals surface area contributed by atoms with Crippen LogP contribution in [0.2, 0.25) is 0 Å². The second-order valence-corrected chi connectivity index (χ2v) is 6.31. The van der Waals surface area contributed by atoms with Crippen LogP contribution in [0.5, 0.6) is 5.75 Å². The fraction of sp³-hybridized carbons (Fsp3) is 0.375. The molecule has 0 fully saturated rings. The Balaban J connectivity index is 1.84. The smallest absolute Gasteiger partial charge is 0.256 e. The molecule has 0 amide bonds. The van der Waals surface area contributed by atoms with E-state index in [2.05, 4.69) is 14.9 Å². The third kappa shape index (κ3) is 2.84. The van der Waals surface area contributed by atoms with Crippen LogP contribution in [0, 0.1) is 18.6 Å². The minimum atomic E-state index is -0.0958.